The van der Waals surface area contributed by atoms with Crippen molar-refractivity contribution in [1.82, 2.24) is 20.0 Å². The first-order chi connectivity index (χ1) is 10.9. The third kappa shape index (κ3) is 3.92. The fourth-order valence-electron chi connectivity index (χ4n) is 2.35. The molecule has 0 unspecified atom stereocenters. The second kappa shape index (κ2) is 7.32. The molecule has 0 radical (unpaired) electrons. The molecule has 0 aliphatic carbocycles. The van der Waals surface area contributed by atoms with E-state index < -0.39 is 23.7 Å². The first kappa shape index (κ1) is 17.1. The Morgan fingerprint density at radius 3 is 2.48 bits per heavy atom. The number of aromatic nitrogens is 2. The second-order valence-electron chi connectivity index (χ2n) is 5.52. The van der Waals surface area contributed by atoms with Gasteiger partial charge in [-0.25, -0.2) is 8.78 Å². The fourth-order valence-corrected chi connectivity index (χ4v) is 2.35. The van der Waals surface area contributed by atoms with Crippen molar-refractivity contribution in [3.05, 3.63) is 53.9 Å². The number of rotatable bonds is 6. The van der Waals surface area contributed by atoms with Crippen LogP contribution < -0.4 is 5.32 Å². The lowest BCUT2D eigenvalue weighted by Gasteiger charge is -2.26. The summed E-state index contributed by atoms with van der Waals surface area (Å²) in [7, 11) is 3.42. The van der Waals surface area contributed by atoms with E-state index >= 15 is 0 Å². The highest BCUT2D eigenvalue weighted by molar-refractivity contribution is 5.79. The molecule has 2 atom stereocenters. The minimum absolute atomic E-state index is 0.0513. The van der Waals surface area contributed by atoms with Crippen LogP contribution >= 0.6 is 0 Å². The number of halogens is 2. The van der Waals surface area contributed by atoms with Crippen LogP contribution in [0.2, 0.25) is 0 Å². The lowest BCUT2D eigenvalue weighted by atomic mass is 10.0. The van der Waals surface area contributed by atoms with Gasteiger partial charge in [0.05, 0.1) is 6.04 Å². The molecule has 0 saturated carbocycles. The molecule has 0 bridgehead atoms. The summed E-state index contributed by atoms with van der Waals surface area (Å²) in [6.07, 6.45) is 3.27. The number of likely N-dealkylation sites (N-methyl/N-ethyl adjacent to an activating group) is 1. The van der Waals surface area contributed by atoms with Gasteiger partial charge in [-0.2, -0.15) is 5.10 Å². The van der Waals surface area contributed by atoms with Gasteiger partial charge < -0.3 is 10.2 Å². The molecule has 5 nitrogen and oxygen atoms in total. The number of amides is 1. The first-order valence-electron chi connectivity index (χ1n) is 7.29. The molecule has 124 valence electrons. The van der Waals surface area contributed by atoms with E-state index in [-0.39, 0.29) is 18.0 Å². The molecule has 23 heavy (non-hydrogen) atoms. The highest BCUT2D eigenvalue weighted by atomic mass is 19.1. The summed E-state index contributed by atoms with van der Waals surface area (Å²) in [5, 5.41) is 6.74. The Morgan fingerprint density at radius 1 is 1.30 bits per heavy atom. The van der Waals surface area contributed by atoms with E-state index in [0.29, 0.717) is 0 Å². The average Bonchev–Trinajstić information content (AvgIpc) is 3.02. The summed E-state index contributed by atoms with van der Waals surface area (Å²) in [5.74, 6) is -1.52. The lowest BCUT2D eigenvalue weighted by molar-refractivity contribution is -0.124. The zero-order valence-corrected chi connectivity index (χ0v) is 13.3. The monoisotopic (exact) mass is 322 g/mol. The molecule has 7 heteroatoms. The van der Waals surface area contributed by atoms with Gasteiger partial charge in [-0.1, -0.05) is 6.07 Å². The maximum Gasteiger partial charge on any atom is 0.244 e. The van der Waals surface area contributed by atoms with Gasteiger partial charge in [0.1, 0.15) is 17.7 Å². The van der Waals surface area contributed by atoms with Crippen molar-refractivity contribution in [2.24, 2.45) is 0 Å². The number of carbonyl (C=O) groups excluding carboxylic acids is 1. The minimum Gasteiger partial charge on any atom is -0.352 e. The van der Waals surface area contributed by atoms with Gasteiger partial charge in [0.15, 0.2) is 0 Å². The van der Waals surface area contributed by atoms with Crippen LogP contribution in [-0.2, 0) is 4.79 Å². The normalized spacial score (nSPS) is 13.8. The third-order valence-corrected chi connectivity index (χ3v) is 3.73. The topological polar surface area (TPSA) is 50.2 Å². The van der Waals surface area contributed by atoms with Gasteiger partial charge in [-0.05, 0) is 39.2 Å². The summed E-state index contributed by atoms with van der Waals surface area (Å²) in [6, 6.07) is 4.36. The van der Waals surface area contributed by atoms with Gasteiger partial charge in [0.25, 0.3) is 0 Å². The molecular formula is C16H20F2N4O. The van der Waals surface area contributed by atoms with E-state index in [4.69, 9.17) is 0 Å². The molecule has 1 amide bonds. The van der Waals surface area contributed by atoms with E-state index in [2.05, 4.69) is 10.4 Å². The molecule has 0 saturated heterocycles. The van der Waals surface area contributed by atoms with E-state index in [0.717, 1.165) is 0 Å². The van der Waals surface area contributed by atoms with Crippen LogP contribution in [0, 0.1) is 11.6 Å². The van der Waals surface area contributed by atoms with Crippen LogP contribution in [-0.4, -0.2) is 41.2 Å². The van der Waals surface area contributed by atoms with E-state index in [1.807, 2.05) is 0 Å². The molecule has 1 aromatic heterocycles. The highest BCUT2D eigenvalue weighted by Gasteiger charge is 2.24. The quantitative estimate of drug-likeness (QED) is 0.886. The van der Waals surface area contributed by atoms with Crippen molar-refractivity contribution in [3.8, 4) is 0 Å². The Hall–Kier alpha value is -2.28. The SMILES string of the molecule is C[C@@H](C(=O)NC[C@@H](c1c(F)cccc1F)N(C)C)n1cccn1. The van der Waals surface area contributed by atoms with Crippen LogP contribution in [0.3, 0.4) is 0 Å². The fraction of sp³-hybridized carbons (Fsp3) is 0.375. The van der Waals surface area contributed by atoms with Crippen LogP contribution in [0.1, 0.15) is 24.6 Å². The average molecular weight is 322 g/mol. The largest absolute Gasteiger partial charge is 0.352 e. The highest BCUT2D eigenvalue weighted by Crippen LogP contribution is 2.24. The predicted molar refractivity (Wildman–Crippen MR) is 82.7 cm³/mol. The van der Waals surface area contributed by atoms with E-state index in [1.165, 1.54) is 22.9 Å². The molecule has 2 aromatic rings. The molecule has 0 spiro atoms. The maximum atomic E-state index is 14.0. The third-order valence-electron chi connectivity index (χ3n) is 3.73. The summed E-state index contributed by atoms with van der Waals surface area (Å²) < 4.78 is 29.5. The number of nitrogens with zero attached hydrogens (tertiary/aromatic N) is 3. The van der Waals surface area contributed by atoms with Gasteiger partial charge in [0.2, 0.25) is 5.91 Å². The number of carbonyl (C=O) groups is 1. The molecule has 1 N–H and O–H groups in total. The zero-order chi connectivity index (χ0) is 17.0. The van der Waals surface area contributed by atoms with E-state index in [9.17, 15) is 13.6 Å². The molecular weight excluding hydrogens is 302 g/mol. The summed E-state index contributed by atoms with van der Waals surface area (Å²) in [5.41, 5.74) is -0.0513. The van der Waals surface area contributed by atoms with Crippen molar-refractivity contribution in [2.45, 2.75) is 19.0 Å². The van der Waals surface area contributed by atoms with Crippen molar-refractivity contribution < 1.29 is 13.6 Å². The Kier molecular flexibility index (Phi) is 5.44. The molecule has 1 aromatic carbocycles. The summed E-state index contributed by atoms with van der Waals surface area (Å²) in [6.45, 7) is 1.80. The Morgan fingerprint density at radius 2 is 1.96 bits per heavy atom. The van der Waals surface area contributed by atoms with Crippen molar-refractivity contribution in [3.63, 3.8) is 0 Å². The lowest BCUT2D eigenvalue weighted by Crippen LogP contribution is -2.38. The second-order valence-corrected chi connectivity index (χ2v) is 5.52. The van der Waals surface area contributed by atoms with Crippen molar-refractivity contribution in [2.75, 3.05) is 20.6 Å². The predicted octanol–water partition coefficient (Wildman–Crippen LogP) is 2.14. The first-order valence-corrected chi connectivity index (χ1v) is 7.29. The minimum atomic E-state index is -0.627. The molecule has 0 aliphatic rings. The number of hydrogen-bond acceptors (Lipinski definition) is 3. The van der Waals surface area contributed by atoms with Crippen LogP contribution in [0.5, 0.6) is 0 Å². The Bertz CT molecular complexity index is 638. The molecule has 0 fully saturated rings. The summed E-state index contributed by atoms with van der Waals surface area (Å²) >= 11 is 0. The van der Waals surface area contributed by atoms with Gasteiger partial charge >= 0.3 is 0 Å². The van der Waals surface area contributed by atoms with Gasteiger partial charge in [-0.3, -0.25) is 9.48 Å². The van der Waals surface area contributed by atoms with Crippen molar-refractivity contribution in [1.29, 1.82) is 0 Å². The summed E-state index contributed by atoms with van der Waals surface area (Å²) in [4.78, 5) is 13.9. The molecule has 1 heterocycles. The van der Waals surface area contributed by atoms with Crippen LogP contribution in [0.15, 0.2) is 36.7 Å². The van der Waals surface area contributed by atoms with Gasteiger partial charge in [0, 0.05) is 24.5 Å². The molecule has 2 rings (SSSR count). The smallest absolute Gasteiger partial charge is 0.244 e. The Balaban J connectivity index is 2.10. The van der Waals surface area contributed by atoms with Crippen LogP contribution in [0.4, 0.5) is 8.78 Å². The molecule has 0 aliphatic heterocycles. The standard InChI is InChI=1S/C16H20F2N4O/c1-11(22-9-5-8-20-22)16(23)19-10-14(21(2)3)15-12(17)6-4-7-13(15)18/h4-9,11,14H,10H2,1-3H3,(H,19,23)/t11-,14-/m0/s1. The van der Waals surface area contributed by atoms with Crippen molar-refractivity contribution >= 4 is 5.91 Å². The number of nitrogens with one attached hydrogen (secondary N) is 1. The van der Waals surface area contributed by atoms with Crippen LogP contribution in [0.25, 0.3) is 0 Å². The van der Waals surface area contributed by atoms with E-state index in [1.54, 1.807) is 44.4 Å². The Labute approximate surface area is 133 Å². The van der Waals surface area contributed by atoms with Gasteiger partial charge in [-0.15, -0.1) is 0 Å². The number of benzene rings is 1. The zero-order valence-electron chi connectivity index (χ0n) is 13.3. The maximum absolute atomic E-state index is 14.0. The number of hydrogen-bond donors (Lipinski definition) is 1.